The van der Waals surface area contributed by atoms with Crippen molar-refractivity contribution in [2.24, 2.45) is 5.92 Å². The van der Waals surface area contributed by atoms with Crippen molar-refractivity contribution in [2.45, 2.75) is 20.3 Å². The zero-order valence-electron chi connectivity index (χ0n) is 10.5. The van der Waals surface area contributed by atoms with E-state index >= 15 is 0 Å². The summed E-state index contributed by atoms with van der Waals surface area (Å²) in [6, 6.07) is 6.08. The molecule has 0 saturated heterocycles. The standard InChI is InChI=1S/C14H20O2/c1-10(2)8-13-7-6-12(11(3)15-4)9-14(13)16-5/h6-7,9-10H,3,8H2,1-2,4-5H3. The minimum atomic E-state index is 0.616. The molecular weight excluding hydrogens is 200 g/mol. The van der Waals surface area contributed by atoms with Crippen LogP contribution in [0.3, 0.4) is 0 Å². The lowest BCUT2D eigenvalue weighted by Crippen LogP contribution is -1.99. The van der Waals surface area contributed by atoms with Crippen LogP contribution in [-0.4, -0.2) is 14.2 Å². The normalized spacial score (nSPS) is 10.3. The van der Waals surface area contributed by atoms with Gasteiger partial charge in [-0.1, -0.05) is 32.6 Å². The molecule has 0 heterocycles. The third-order valence-corrected chi connectivity index (χ3v) is 2.48. The van der Waals surface area contributed by atoms with Crippen molar-refractivity contribution in [1.29, 1.82) is 0 Å². The molecule has 0 aliphatic heterocycles. The molecule has 1 aromatic carbocycles. The topological polar surface area (TPSA) is 18.5 Å². The summed E-state index contributed by atoms with van der Waals surface area (Å²) in [6.07, 6.45) is 1.02. The van der Waals surface area contributed by atoms with Gasteiger partial charge in [0.2, 0.25) is 0 Å². The molecule has 0 fully saturated rings. The Bertz CT molecular complexity index is 367. The molecule has 1 rings (SSSR count). The van der Waals surface area contributed by atoms with E-state index in [-0.39, 0.29) is 0 Å². The van der Waals surface area contributed by atoms with Crippen LogP contribution in [0.4, 0.5) is 0 Å². The monoisotopic (exact) mass is 220 g/mol. The van der Waals surface area contributed by atoms with Gasteiger partial charge in [-0.3, -0.25) is 0 Å². The lowest BCUT2D eigenvalue weighted by atomic mass is 10.00. The summed E-state index contributed by atoms with van der Waals surface area (Å²) in [5.74, 6) is 2.18. The van der Waals surface area contributed by atoms with Gasteiger partial charge in [-0.05, 0) is 24.0 Å². The summed E-state index contributed by atoms with van der Waals surface area (Å²) in [5, 5.41) is 0. The third-order valence-electron chi connectivity index (χ3n) is 2.48. The van der Waals surface area contributed by atoms with Crippen LogP contribution in [0.5, 0.6) is 5.75 Å². The highest BCUT2D eigenvalue weighted by Gasteiger charge is 2.08. The summed E-state index contributed by atoms with van der Waals surface area (Å²) < 4.78 is 10.5. The van der Waals surface area contributed by atoms with Gasteiger partial charge in [-0.2, -0.15) is 0 Å². The fourth-order valence-electron chi connectivity index (χ4n) is 1.64. The summed E-state index contributed by atoms with van der Waals surface area (Å²) in [7, 11) is 3.31. The van der Waals surface area contributed by atoms with Crippen molar-refractivity contribution in [2.75, 3.05) is 14.2 Å². The summed E-state index contributed by atoms with van der Waals surface area (Å²) in [5.41, 5.74) is 2.19. The van der Waals surface area contributed by atoms with E-state index in [1.165, 1.54) is 5.56 Å². The van der Waals surface area contributed by atoms with Gasteiger partial charge in [-0.25, -0.2) is 0 Å². The zero-order chi connectivity index (χ0) is 12.1. The third kappa shape index (κ3) is 3.02. The highest BCUT2D eigenvalue weighted by Crippen LogP contribution is 2.26. The number of rotatable bonds is 5. The first-order valence-corrected chi connectivity index (χ1v) is 5.48. The van der Waals surface area contributed by atoms with Gasteiger partial charge in [-0.15, -0.1) is 0 Å². The second kappa shape index (κ2) is 5.59. The van der Waals surface area contributed by atoms with E-state index in [0.717, 1.165) is 17.7 Å². The van der Waals surface area contributed by atoms with E-state index in [1.807, 2.05) is 12.1 Å². The van der Waals surface area contributed by atoms with Crippen LogP contribution < -0.4 is 4.74 Å². The van der Waals surface area contributed by atoms with Crippen molar-refractivity contribution in [3.8, 4) is 5.75 Å². The van der Waals surface area contributed by atoms with Gasteiger partial charge in [0.05, 0.1) is 14.2 Å². The molecule has 1 aromatic rings. The average molecular weight is 220 g/mol. The van der Waals surface area contributed by atoms with E-state index < -0.39 is 0 Å². The molecular formula is C14H20O2. The van der Waals surface area contributed by atoms with E-state index in [1.54, 1.807) is 14.2 Å². The molecule has 16 heavy (non-hydrogen) atoms. The fraction of sp³-hybridized carbons (Fsp3) is 0.429. The Morgan fingerprint density at radius 1 is 1.31 bits per heavy atom. The molecule has 0 N–H and O–H groups in total. The number of hydrogen-bond donors (Lipinski definition) is 0. The largest absolute Gasteiger partial charge is 0.497 e. The van der Waals surface area contributed by atoms with Crippen molar-refractivity contribution < 1.29 is 9.47 Å². The van der Waals surface area contributed by atoms with Gasteiger partial charge in [0.15, 0.2) is 0 Å². The summed E-state index contributed by atoms with van der Waals surface area (Å²) >= 11 is 0. The lowest BCUT2D eigenvalue weighted by molar-refractivity contribution is 0.370. The molecule has 0 saturated carbocycles. The van der Waals surface area contributed by atoms with Crippen molar-refractivity contribution >= 4 is 5.76 Å². The van der Waals surface area contributed by atoms with Crippen LogP contribution >= 0.6 is 0 Å². The number of ether oxygens (including phenoxy) is 2. The van der Waals surface area contributed by atoms with Crippen LogP contribution in [0.25, 0.3) is 5.76 Å². The van der Waals surface area contributed by atoms with Crippen LogP contribution in [0.15, 0.2) is 24.8 Å². The minimum Gasteiger partial charge on any atom is -0.497 e. The second-order valence-corrected chi connectivity index (χ2v) is 4.25. The first-order valence-electron chi connectivity index (χ1n) is 5.48. The van der Waals surface area contributed by atoms with Crippen molar-refractivity contribution in [3.05, 3.63) is 35.9 Å². The zero-order valence-corrected chi connectivity index (χ0v) is 10.5. The molecule has 0 amide bonds. The predicted octanol–water partition coefficient (Wildman–Crippen LogP) is 3.51. The van der Waals surface area contributed by atoms with Gasteiger partial charge >= 0.3 is 0 Å². The molecule has 0 unspecified atom stereocenters. The highest BCUT2D eigenvalue weighted by atomic mass is 16.5. The average Bonchev–Trinajstić information content (AvgIpc) is 2.27. The smallest absolute Gasteiger partial charge is 0.122 e. The molecule has 88 valence electrons. The maximum Gasteiger partial charge on any atom is 0.122 e. The van der Waals surface area contributed by atoms with Crippen LogP contribution in [0.2, 0.25) is 0 Å². The lowest BCUT2D eigenvalue weighted by Gasteiger charge is -2.13. The quantitative estimate of drug-likeness (QED) is 0.707. The molecule has 0 aliphatic carbocycles. The van der Waals surface area contributed by atoms with Crippen LogP contribution in [0.1, 0.15) is 25.0 Å². The second-order valence-electron chi connectivity index (χ2n) is 4.25. The summed E-state index contributed by atoms with van der Waals surface area (Å²) in [4.78, 5) is 0. The maximum atomic E-state index is 5.38. The molecule has 2 nitrogen and oxygen atoms in total. The number of hydrogen-bond acceptors (Lipinski definition) is 2. The first kappa shape index (κ1) is 12.6. The Morgan fingerprint density at radius 2 is 2.00 bits per heavy atom. The Morgan fingerprint density at radius 3 is 2.50 bits per heavy atom. The molecule has 0 aromatic heterocycles. The van der Waals surface area contributed by atoms with Crippen molar-refractivity contribution in [1.82, 2.24) is 0 Å². The molecule has 0 bridgehead atoms. The van der Waals surface area contributed by atoms with E-state index in [2.05, 4.69) is 26.5 Å². The predicted molar refractivity (Wildman–Crippen MR) is 67.6 cm³/mol. The molecule has 0 aliphatic rings. The first-order chi connectivity index (χ1) is 7.58. The van der Waals surface area contributed by atoms with Gasteiger partial charge in [0.1, 0.15) is 11.5 Å². The Kier molecular flexibility index (Phi) is 4.41. The van der Waals surface area contributed by atoms with E-state index in [9.17, 15) is 0 Å². The van der Waals surface area contributed by atoms with E-state index in [0.29, 0.717) is 11.7 Å². The van der Waals surface area contributed by atoms with E-state index in [4.69, 9.17) is 9.47 Å². The van der Waals surface area contributed by atoms with Gasteiger partial charge < -0.3 is 9.47 Å². The van der Waals surface area contributed by atoms with Crippen molar-refractivity contribution in [3.63, 3.8) is 0 Å². The van der Waals surface area contributed by atoms with Gasteiger partial charge in [0.25, 0.3) is 0 Å². The molecule has 0 radical (unpaired) electrons. The fourth-order valence-corrected chi connectivity index (χ4v) is 1.64. The SMILES string of the molecule is C=C(OC)c1ccc(CC(C)C)c(OC)c1. The van der Waals surface area contributed by atoms with Crippen LogP contribution in [0, 0.1) is 5.92 Å². The highest BCUT2D eigenvalue weighted by molar-refractivity contribution is 5.60. The Labute approximate surface area is 97.9 Å². The maximum absolute atomic E-state index is 5.38. The minimum absolute atomic E-state index is 0.616. The Hall–Kier alpha value is -1.44. The number of methoxy groups -OCH3 is 2. The van der Waals surface area contributed by atoms with Crippen LogP contribution in [-0.2, 0) is 11.2 Å². The van der Waals surface area contributed by atoms with Gasteiger partial charge in [0, 0.05) is 5.56 Å². The number of benzene rings is 1. The molecule has 0 atom stereocenters. The molecule has 2 heteroatoms. The summed E-state index contributed by atoms with van der Waals surface area (Å²) in [6.45, 7) is 8.22. The Balaban J connectivity index is 3.01. The molecule has 0 spiro atoms.